The number of pyridine rings is 1. The van der Waals surface area contributed by atoms with Crippen molar-refractivity contribution in [3.05, 3.63) is 29.6 Å². The first-order chi connectivity index (χ1) is 6.24. The molecule has 0 aliphatic carbocycles. The van der Waals surface area contributed by atoms with Gasteiger partial charge in [-0.25, -0.2) is 9.78 Å². The van der Waals surface area contributed by atoms with E-state index in [1.165, 1.54) is 6.07 Å². The van der Waals surface area contributed by atoms with Crippen LogP contribution in [-0.4, -0.2) is 21.9 Å². The Morgan fingerprint density at radius 1 is 1.62 bits per heavy atom. The summed E-state index contributed by atoms with van der Waals surface area (Å²) >= 11 is 5.34. The summed E-state index contributed by atoms with van der Waals surface area (Å²) in [7, 11) is 0. The number of hydrogen-bond acceptors (Lipinski definition) is 2. The van der Waals surface area contributed by atoms with E-state index in [0.717, 1.165) is 0 Å². The molecule has 1 aromatic heterocycles. The Morgan fingerprint density at radius 3 is 3.00 bits per heavy atom. The molecule has 0 spiro atoms. The number of rotatable bonds is 1. The highest BCUT2D eigenvalue weighted by atomic mass is 35.5. The summed E-state index contributed by atoms with van der Waals surface area (Å²) in [5.74, 6) is 4.37. The summed E-state index contributed by atoms with van der Waals surface area (Å²) in [5, 5.41) is 8.60. The molecule has 3 nitrogen and oxygen atoms in total. The van der Waals surface area contributed by atoms with Crippen molar-refractivity contribution in [2.75, 3.05) is 5.88 Å². The van der Waals surface area contributed by atoms with Crippen molar-refractivity contribution in [2.24, 2.45) is 0 Å². The van der Waals surface area contributed by atoms with E-state index in [0.29, 0.717) is 5.69 Å². The van der Waals surface area contributed by atoms with Crippen LogP contribution < -0.4 is 0 Å². The minimum absolute atomic E-state index is 0.0126. The average Bonchev–Trinajstić information content (AvgIpc) is 2.15. The lowest BCUT2D eigenvalue weighted by atomic mass is 10.3. The lowest BCUT2D eigenvalue weighted by molar-refractivity contribution is 0.0690. The SMILES string of the molecule is O=C(O)c1cccc(C#CCCl)n1. The Labute approximate surface area is 80.4 Å². The molecule has 1 heterocycles. The summed E-state index contributed by atoms with van der Waals surface area (Å²) in [4.78, 5) is 14.3. The monoisotopic (exact) mass is 195 g/mol. The lowest BCUT2D eigenvalue weighted by Crippen LogP contribution is -2.00. The molecule has 13 heavy (non-hydrogen) atoms. The molecule has 0 aromatic carbocycles. The number of aromatic nitrogens is 1. The van der Waals surface area contributed by atoms with Crippen LogP contribution in [0.5, 0.6) is 0 Å². The van der Waals surface area contributed by atoms with Gasteiger partial charge in [-0.1, -0.05) is 12.0 Å². The average molecular weight is 196 g/mol. The molecule has 0 fully saturated rings. The molecule has 0 unspecified atom stereocenters. The van der Waals surface area contributed by atoms with Crippen LogP contribution in [0.3, 0.4) is 0 Å². The molecular weight excluding hydrogens is 190 g/mol. The van der Waals surface area contributed by atoms with Gasteiger partial charge in [-0.05, 0) is 18.1 Å². The molecule has 0 saturated heterocycles. The third-order valence-corrected chi connectivity index (χ3v) is 1.39. The molecular formula is C9H6ClNO2. The molecule has 0 amide bonds. The highest BCUT2D eigenvalue weighted by Gasteiger charge is 2.02. The summed E-state index contributed by atoms with van der Waals surface area (Å²) in [6.45, 7) is 0. The molecule has 0 saturated carbocycles. The standard InChI is InChI=1S/C9H6ClNO2/c10-6-2-4-7-3-1-5-8(11-7)9(12)13/h1,3,5H,6H2,(H,12,13). The number of halogens is 1. The van der Waals surface area contributed by atoms with Gasteiger partial charge in [0.2, 0.25) is 0 Å². The number of alkyl halides is 1. The van der Waals surface area contributed by atoms with Crippen LogP contribution in [-0.2, 0) is 0 Å². The van der Waals surface area contributed by atoms with E-state index in [2.05, 4.69) is 16.8 Å². The Balaban J connectivity index is 2.98. The fourth-order valence-electron chi connectivity index (χ4n) is 0.747. The first-order valence-corrected chi connectivity index (χ1v) is 4.02. The van der Waals surface area contributed by atoms with Gasteiger partial charge in [-0.15, -0.1) is 11.6 Å². The molecule has 4 heteroatoms. The van der Waals surface area contributed by atoms with Gasteiger partial charge in [0, 0.05) is 0 Å². The van der Waals surface area contributed by atoms with E-state index in [1.54, 1.807) is 12.1 Å². The van der Waals surface area contributed by atoms with Crippen LogP contribution in [0.15, 0.2) is 18.2 Å². The summed E-state index contributed by atoms with van der Waals surface area (Å²) in [5.41, 5.74) is 0.405. The highest BCUT2D eigenvalue weighted by Crippen LogP contribution is 1.97. The molecule has 0 aliphatic heterocycles. The maximum absolute atomic E-state index is 10.5. The topological polar surface area (TPSA) is 50.2 Å². The van der Waals surface area contributed by atoms with E-state index in [4.69, 9.17) is 16.7 Å². The Kier molecular flexibility index (Phi) is 3.30. The quantitative estimate of drug-likeness (QED) is 0.544. The smallest absolute Gasteiger partial charge is 0.354 e. The zero-order valence-corrected chi connectivity index (χ0v) is 7.38. The molecule has 1 rings (SSSR count). The van der Waals surface area contributed by atoms with Crippen LogP contribution in [0.2, 0.25) is 0 Å². The van der Waals surface area contributed by atoms with Crippen LogP contribution in [0.4, 0.5) is 0 Å². The summed E-state index contributed by atoms with van der Waals surface area (Å²) < 4.78 is 0. The second-order valence-corrected chi connectivity index (χ2v) is 2.42. The molecule has 1 aromatic rings. The van der Waals surface area contributed by atoms with Crippen LogP contribution in [0.25, 0.3) is 0 Å². The number of carboxylic acid groups (broad SMARTS) is 1. The molecule has 1 N–H and O–H groups in total. The van der Waals surface area contributed by atoms with Crippen molar-refractivity contribution < 1.29 is 9.90 Å². The van der Waals surface area contributed by atoms with Crippen molar-refractivity contribution in [3.63, 3.8) is 0 Å². The molecule has 0 bridgehead atoms. The van der Waals surface area contributed by atoms with Crippen LogP contribution in [0.1, 0.15) is 16.2 Å². The minimum atomic E-state index is -1.06. The molecule has 0 aliphatic rings. The maximum Gasteiger partial charge on any atom is 0.354 e. The lowest BCUT2D eigenvalue weighted by Gasteiger charge is -1.92. The van der Waals surface area contributed by atoms with Crippen molar-refractivity contribution in [3.8, 4) is 11.8 Å². The normalized spacial score (nSPS) is 8.69. The summed E-state index contributed by atoms with van der Waals surface area (Å²) in [6, 6.07) is 4.63. The van der Waals surface area contributed by atoms with Gasteiger partial charge in [0.05, 0.1) is 5.88 Å². The first-order valence-electron chi connectivity index (χ1n) is 3.49. The van der Waals surface area contributed by atoms with Gasteiger partial charge < -0.3 is 5.11 Å². The van der Waals surface area contributed by atoms with E-state index >= 15 is 0 Å². The second kappa shape index (κ2) is 4.48. The minimum Gasteiger partial charge on any atom is -0.477 e. The number of carboxylic acids is 1. The van der Waals surface area contributed by atoms with Crippen molar-refractivity contribution in [1.82, 2.24) is 4.98 Å². The van der Waals surface area contributed by atoms with E-state index in [9.17, 15) is 4.79 Å². The third-order valence-electron chi connectivity index (χ3n) is 1.25. The van der Waals surface area contributed by atoms with E-state index in [1.807, 2.05) is 0 Å². The predicted octanol–water partition coefficient (Wildman–Crippen LogP) is 1.37. The number of nitrogens with zero attached hydrogens (tertiary/aromatic N) is 1. The Morgan fingerprint density at radius 2 is 2.38 bits per heavy atom. The van der Waals surface area contributed by atoms with E-state index < -0.39 is 5.97 Å². The van der Waals surface area contributed by atoms with Crippen molar-refractivity contribution in [2.45, 2.75) is 0 Å². The van der Waals surface area contributed by atoms with Gasteiger partial charge >= 0.3 is 5.97 Å². The number of carbonyl (C=O) groups is 1. The Hall–Kier alpha value is -1.53. The largest absolute Gasteiger partial charge is 0.477 e. The van der Waals surface area contributed by atoms with Gasteiger partial charge in [0.25, 0.3) is 0 Å². The first kappa shape index (κ1) is 9.56. The Bertz CT molecular complexity index is 379. The maximum atomic E-state index is 10.5. The van der Waals surface area contributed by atoms with Gasteiger partial charge in [-0.3, -0.25) is 0 Å². The fraction of sp³-hybridized carbons (Fsp3) is 0.111. The molecule has 0 radical (unpaired) electrons. The van der Waals surface area contributed by atoms with Gasteiger partial charge in [-0.2, -0.15) is 0 Å². The van der Waals surface area contributed by atoms with Crippen molar-refractivity contribution >= 4 is 17.6 Å². The number of hydrogen-bond donors (Lipinski definition) is 1. The second-order valence-electron chi connectivity index (χ2n) is 2.15. The summed E-state index contributed by atoms with van der Waals surface area (Å²) in [6.07, 6.45) is 0. The van der Waals surface area contributed by atoms with Crippen LogP contribution >= 0.6 is 11.6 Å². The van der Waals surface area contributed by atoms with Crippen molar-refractivity contribution in [1.29, 1.82) is 0 Å². The highest BCUT2D eigenvalue weighted by molar-refractivity contribution is 6.19. The fourth-order valence-corrected chi connectivity index (χ4v) is 0.814. The van der Waals surface area contributed by atoms with Gasteiger partial charge in [0.1, 0.15) is 11.4 Å². The zero-order valence-electron chi connectivity index (χ0n) is 6.62. The number of aromatic carboxylic acids is 1. The van der Waals surface area contributed by atoms with E-state index in [-0.39, 0.29) is 11.6 Å². The molecule has 0 atom stereocenters. The zero-order chi connectivity index (χ0) is 9.68. The predicted molar refractivity (Wildman–Crippen MR) is 48.8 cm³/mol. The van der Waals surface area contributed by atoms with Crippen LogP contribution in [0, 0.1) is 11.8 Å². The molecule has 66 valence electrons. The van der Waals surface area contributed by atoms with Gasteiger partial charge in [0.15, 0.2) is 0 Å². The third kappa shape index (κ3) is 2.77.